The molecule has 2 N–H and O–H groups in total. The lowest BCUT2D eigenvalue weighted by Gasteiger charge is -2.13. The summed E-state index contributed by atoms with van der Waals surface area (Å²) in [6, 6.07) is 12.7. The SMILES string of the molecule is COc1ccc(CNc2ccc(Cl)cc2C#N)cc1NC(C)=O. The Hall–Kier alpha value is -2.71. The highest BCUT2D eigenvalue weighted by Crippen LogP contribution is 2.26. The molecule has 2 aromatic carbocycles. The normalized spacial score (nSPS) is 9.83. The Morgan fingerprint density at radius 2 is 2.04 bits per heavy atom. The third-order valence-electron chi connectivity index (χ3n) is 3.16. The first-order valence-corrected chi connectivity index (χ1v) is 7.29. The number of nitrogens with one attached hydrogen (secondary N) is 2. The van der Waals surface area contributed by atoms with Gasteiger partial charge in [0.05, 0.1) is 24.0 Å². The predicted octanol–water partition coefficient (Wildman–Crippen LogP) is 3.79. The summed E-state index contributed by atoms with van der Waals surface area (Å²) in [7, 11) is 1.55. The van der Waals surface area contributed by atoms with Crippen LogP contribution in [0.2, 0.25) is 5.02 Å². The van der Waals surface area contributed by atoms with Crippen LogP contribution in [-0.2, 0) is 11.3 Å². The van der Waals surface area contributed by atoms with E-state index in [0.717, 1.165) is 5.56 Å². The Bertz CT molecular complexity index is 769. The fourth-order valence-corrected chi connectivity index (χ4v) is 2.28. The van der Waals surface area contributed by atoms with E-state index in [9.17, 15) is 4.79 Å². The second kappa shape index (κ2) is 7.52. The zero-order chi connectivity index (χ0) is 16.8. The first kappa shape index (κ1) is 16.7. The molecule has 0 atom stereocenters. The monoisotopic (exact) mass is 329 g/mol. The average Bonchev–Trinajstić information content (AvgIpc) is 2.53. The lowest BCUT2D eigenvalue weighted by Crippen LogP contribution is -2.08. The van der Waals surface area contributed by atoms with Crippen LogP contribution in [-0.4, -0.2) is 13.0 Å². The van der Waals surface area contributed by atoms with Crippen molar-refractivity contribution in [3.63, 3.8) is 0 Å². The molecule has 0 aliphatic heterocycles. The van der Waals surface area contributed by atoms with Crippen LogP contribution in [0.1, 0.15) is 18.1 Å². The molecule has 0 fully saturated rings. The number of carbonyl (C=O) groups excluding carboxylic acids is 1. The Balaban J connectivity index is 2.18. The molecular weight excluding hydrogens is 314 g/mol. The first-order chi connectivity index (χ1) is 11.0. The highest BCUT2D eigenvalue weighted by molar-refractivity contribution is 6.30. The molecule has 2 aromatic rings. The number of amides is 1. The van der Waals surface area contributed by atoms with Crippen molar-refractivity contribution in [1.29, 1.82) is 5.26 Å². The molecule has 0 saturated heterocycles. The number of benzene rings is 2. The standard InChI is InChI=1S/C17H16ClN3O2/c1-11(22)21-16-7-12(3-6-17(16)23-2)10-20-15-5-4-14(18)8-13(15)9-19/h3-8,20H,10H2,1-2H3,(H,21,22). The van der Waals surface area contributed by atoms with E-state index in [-0.39, 0.29) is 5.91 Å². The van der Waals surface area contributed by atoms with E-state index in [2.05, 4.69) is 16.7 Å². The number of halogens is 1. The van der Waals surface area contributed by atoms with Gasteiger partial charge in [-0.1, -0.05) is 17.7 Å². The van der Waals surface area contributed by atoms with Gasteiger partial charge in [-0.15, -0.1) is 0 Å². The number of ether oxygens (including phenoxy) is 1. The van der Waals surface area contributed by atoms with E-state index in [1.807, 2.05) is 12.1 Å². The van der Waals surface area contributed by atoms with Crippen LogP contribution in [0, 0.1) is 11.3 Å². The summed E-state index contributed by atoms with van der Waals surface area (Å²) >= 11 is 5.88. The molecule has 23 heavy (non-hydrogen) atoms. The van der Waals surface area contributed by atoms with Gasteiger partial charge in [-0.25, -0.2) is 0 Å². The van der Waals surface area contributed by atoms with E-state index in [1.54, 1.807) is 31.4 Å². The third-order valence-corrected chi connectivity index (χ3v) is 3.39. The molecule has 0 aromatic heterocycles. The first-order valence-electron chi connectivity index (χ1n) is 6.91. The maximum Gasteiger partial charge on any atom is 0.221 e. The molecule has 0 radical (unpaired) electrons. The minimum absolute atomic E-state index is 0.169. The molecule has 118 valence electrons. The second-order valence-corrected chi connectivity index (χ2v) is 5.31. The fraction of sp³-hybridized carbons (Fsp3) is 0.176. The number of hydrogen-bond donors (Lipinski definition) is 2. The van der Waals surface area contributed by atoms with E-state index in [0.29, 0.717) is 34.3 Å². The quantitative estimate of drug-likeness (QED) is 0.875. The molecule has 0 spiro atoms. The molecule has 1 amide bonds. The second-order valence-electron chi connectivity index (χ2n) is 4.87. The van der Waals surface area contributed by atoms with Gasteiger partial charge in [-0.2, -0.15) is 5.26 Å². The molecule has 0 unspecified atom stereocenters. The lowest BCUT2D eigenvalue weighted by molar-refractivity contribution is -0.114. The Morgan fingerprint density at radius 3 is 2.70 bits per heavy atom. The van der Waals surface area contributed by atoms with Gasteiger partial charge in [0, 0.05) is 18.5 Å². The third kappa shape index (κ3) is 4.38. The summed E-state index contributed by atoms with van der Waals surface area (Å²) < 4.78 is 5.22. The molecule has 0 bridgehead atoms. The topological polar surface area (TPSA) is 74.2 Å². The number of nitriles is 1. The van der Waals surface area contributed by atoms with Gasteiger partial charge in [-0.3, -0.25) is 4.79 Å². The minimum atomic E-state index is -0.169. The number of rotatable bonds is 5. The van der Waals surface area contributed by atoms with Crippen molar-refractivity contribution < 1.29 is 9.53 Å². The summed E-state index contributed by atoms with van der Waals surface area (Å²) in [5.41, 5.74) is 2.73. The lowest BCUT2D eigenvalue weighted by atomic mass is 10.1. The number of anilines is 2. The smallest absolute Gasteiger partial charge is 0.221 e. The molecule has 6 heteroatoms. The van der Waals surface area contributed by atoms with Gasteiger partial charge in [-0.05, 0) is 35.9 Å². The molecular formula is C17H16ClN3O2. The molecule has 5 nitrogen and oxygen atoms in total. The summed E-state index contributed by atoms with van der Waals surface area (Å²) in [5, 5.41) is 15.6. The van der Waals surface area contributed by atoms with E-state index in [1.165, 1.54) is 6.92 Å². The highest BCUT2D eigenvalue weighted by Gasteiger charge is 2.07. The van der Waals surface area contributed by atoms with Crippen molar-refractivity contribution in [3.8, 4) is 11.8 Å². The number of hydrogen-bond acceptors (Lipinski definition) is 4. The zero-order valence-corrected chi connectivity index (χ0v) is 13.6. The van der Waals surface area contributed by atoms with Gasteiger partial charge in [0.1, 0.15) is 11.8 Å². The van der Waals surface area contributed by atoms with Crippen LogP contribution in [0.4, 0.5) is 11.4 Å². The van der Waals surface area contributed by atoms with Crippen LogP contribution in [0.25, 0.3) is 0 Å². The molecule has 2 rings (SSSR count). The molecule has 0 aliphatic carbocycles. The largest absolute Gasteiger partial charge is 0.495 e. The maximum atomic E-state index is 11.3. The zero-order valence-electron chi connectivity index (χ0n) is 12.8. The summed E-state index contributed by atoms with van der Waals surface area (Å²) in [6.45, 7) is 1.93. The van der Waals surface area contributed by atoms with Gasteiger partial charge in [0.2, 0.25) is 5.91 Å². The van der Waals surface area contributed by atoms with E-state index < -0.39 is 0 Å². The van der Waals surface area contributed by atoms with E-state index >= 15 is 0 Å². The number of methoxy groups -OCH3 is 1. The Labute approximate surface area is 139 Å². The van der Waals surface area contributed by atoms with Crippen molar-refractivity contribution >= 4 is 28.9 Å². The van der Waals surface area contributed by atoms with E-state index in [4.69, 9.17) is 21.6 Å². The molecule has 0 heterocycles. The maximum absolute atomic E-state index is 11.3. The van der Waals surface area contributed by atoms with Crippen molar-refractivity contribution in [1.82, 2.24) is 0 Å². The summed E-state index contributed by atoms with van der Waals surface area (Å²) in [4.78, 5) is 11.3. The molecule has 0 saturated carbocycles. The molecule has 0 aliphatic rings. The Morgan fingerprint density at radius 1 is 1.26 bits per heavy atom. The van der Waals surface area contributed by atoms with Crippen LogP contribution in [0.15, 0.2) is 36.4 Å². The Kier molecular flexibility index (Phi) is 5.45. The van der Waals surface area contributed by atoms with Gasteiger partial charge < -0.3 is 15.4 Å². The van der Waals surface area contributed by atoms with Gasteiger partial charge >= 0.3 is 0 Å². The number of carbonyl (C=O) groups is 1. The average molecular weight is 330 g/mol. The summed E-state index contributed by atoms with van der Waals surface area (Å²) in [5.74, 6) is 0.422. The van der Waals surface area contributed by atoms with Crippen LogP contribution in [0.5, 0.6) is 5.75 Å². The van der Waals surface area contributed by atoms with Crippen LogP contribution >= 0.6 is 11.6 Å². The number of nitrogens with zero attached hydrogens (tertiary/aromatic N) is 1. The van der Waals surface area contributed by atoms with Crippen molar-refractivity contribution in [2.24, 2.45) is 0 Å². The van der Waals surface area contributed by atoms with Gasteiger partial charge in [0.25, 0.3) is 0 Å². The van der Waals surface area contributed by atoms with Gasteiger partial charge in [0.15, 0.2) is 0 Å². The van der Waals surface area contributed by atoms with Crippen molar-refractivity contribution in [2.75, 3.05) is 17.7 Å². The van der Waals surface area contributed by atoms with Crippen molar-refractivity contribution in [3.05, 3.63) is 52.5 Å². The highest BCUT2D eigenvalue weighted by atomic mass is 35.5. The minimum Gasteiger partial charge on any atom is -0.495 e. The van der Waals surface area contributed by atoms with Crippen molar-refractivity contribution in [2.45, 2.75) is 13.5 Å². The fourth-order valence-electron chi connectivity index (χ4n) is 2.11. The van der Waals surface area contributed by atoms with Crippen LogP contribution < -0.4 is 15.4 Å². The summed E-state index contributed by atoms with van der Waals surface area (Å²) in [6.07, 6.45) is 0. The predicted molar refractivity (Wildman–Crippen MR) is 90.8 cm³/mol. The van der Waals surface area contributed by atoms with Crippen LogP contribution in [0.3, 0.4) is 0 Å².